The molecule has 0 saturated carbocycles. The zero-order valence-electron chi connectivity index (χ0n) is 27.9. The number of benzene rings is 4. The first-order chi connectivity index (χ1) is 22.3. The monoisotopic (exact) mass is 636 g/mol. The molecular formula is C39H40O8. The van der Waals surface area contributed by atoms with E-state index in [1.54, 1.807) is 24.3 Å². The maximum atomic E-state index is 13.3. The zero-order valence-corrected chi connectivity index (χ0v) is 27.9. The molecule has 0 radical (unpaired) electrons. The van der Waals surface area contributed by atoms with Crippen LogP contribution in [-0.2, 0) is 32.0 Å². The minimum Gasteiger partial charge on any atom is -0.426 e. The minimum atomic E-state index is -0.614. The summed E-state index contributed by atoms with van der Waals surface area (Å²) in [7, 11) is 0. The van der Waals surface area contributed by atoms with Gasteiger partial charge in [-0.05, 0) is 59.1 Å². The summed E-state index contributed by atoms with van der Waals surface area (Å²) < 4.78 is 23.0. The molecule has 0 amide bonds. The average molecular weight is 637 g/mol. The van der Waals surface area contributed by atoms with Gasteiger partial charge in [0.1, 0.15) is 23.0 Å². The first-order valence-corrected chi connectivity index (χ1v) is 15.5. The largest absolute Gasteiger partial charge is 0.426 e. The summed E-state index contributed by atoms with van der Waals surface area (Å²) >= 11 is 0. The fraction of sp³-hybridized carbons (Fsp3) is 0.282. The Morgan fingerprint density at radius 3 is 1.60 bits per heavy atom. The van der Waals surface area contributed by atoms with Crippen molar-refractivity contribution in [2.75, 3.05) is 0 Å². The second-order valence-electron chi connectivity index (χ2n) is 11.8. The van der Waals surface area contributed by atoms with Crippen LogP contribution >= 0.6 is 0 Å². The van der Waals surface area contributed by atoms with Crippen LogP contribution in [-0.4, -0.2) is 23.9 Å². The van der Waals surface area contributed by atoms with E-state index in [9.17, 15) is 19.2 Å². The number of rotatable bonds is 11. The lowest BCUT2D eigenvalue weighted by molar-refractivity contribution is -0.140. The molecule has 244 valence electrons. The molecule has 0 aliphatic carbocycles. The number of hydrogen-bond acceptors (Lipinski definition) is 8. The zero-order chi connectivity index (χ0) is 34.2. The van der Waals surface area contributed by atoms with Crippen molar-refractivity contribution in [3.05, 3.63) is 94.6 Å². The maximum absolute atomic E-state index is 13.3. The van der Waals surface area contributed by atoms with E-state index in [0.29, 0.717) is 74.1 Å². The third-order valence-electron chi connectivity index (χ3n) is 7.43. The number of fused-ring (bicyclic) bond motifs is 2. The van der Waals surface area contributed by atoms with E-state index in [1.807, 2.05) is 77.1 Å². The molecule has 4 aromatic carbocycles. The highest BCUT2D eigenvalue weighted by molar-refractivity contribution is 5.99. The topological polar surface area (TPSA) is 105 Å². The highest BCUT2D eigenvalue weighted by Crippen LogP contribution is 2.42. The molecule has 0 atom stereocenters. The predicted octanol–water partition coefficient (Wildman–Crippen LogP) is 8.46. The molecule has 0 aliphatic rings. The van der Waals surface area contributed by atoms with E-state index in [1.165, 1.54) is 13.8 Å². The fourth-order valence-corrected chi connectivity index (χ4v) is 5.22. The summed E-state index contributed by atoms with van der Waals surface area (Å²) in [6.07, 6.45) is 4.46. The average Bonchev–Trinajstić information content (AvgIpc) is 3.01. The first-order valence-electron chi connectivity index (χ1n) is 15.5. The highest BCUT2D eigenvalue weighted by Gasteiger charge is 2.23. The van der Waals surface area contributed by atoms with Gasteiger partial charge in [-0.3, -0.25) is 19.2 Å². The molecule has 0 bridgehead atoms. The van der Waals surface area contributed by atoms with Crippen LogP contribution in [0.15, 0.2) is 77.9 Å². The van der Waals surface area contributed by atoms with E-state index in [2.05, 4.69) is 0 Å². The number of esters is 4. The van der Waals surface area contributed by atoms with Gasteiger partial charge in [0.25, 0.3) is 0 Å². The van der Waals surface area contributed by atoms with Crippen LogP contribution in [0.4, 0.5) is 0 Å². The molecule has 47 heavy (non-hydrogen) atoms. The molecule has 0 N–H and O–H groups in total. The van der Waals surface area contributed by atoms with Crippen molar-refractivity contribution in [2.24, 2.45) is 0 Å². The van der Waals surface area contributed by atoms with Crippen LogP contribution < -0.4 is 18.9 Å². The van der Waals surface area contributed by atoms with Gasteiger partial charge in [0.15, 0.2) is 0 Å². The number of carbonyl (C=O) groups excluding carboxylic acids is 4. The Morgan fingerprint density at radius 1 is 0.574 bits per heavy atom. The van der Waals surface area contributed by atoms with Crippen LogP contribution in [0.3, 0.4) is 0 Å². The van der Waals surface area contributed by atoms with Gasteiger partial charge in [0, 0.05) is 46.5 Å². The van der Waals surface area contributed by atoms with Crippen LogP contribution in [0.2, 0.25) is 0 Å². The summed E-state index contributed by atoms with van der Waals surface area (Å²) in [5, 5.41) is 2.48. The summed E-state index contributed by atoms with van der Waals surface area (Å²) in [6.45, 7) is 12.4. The Kier molecular flexibility index (Phi) is 11.3. The van der Waals surface area contributed by atoms with Gasteiger partial charge in [-0.25, -0.2) is 0 Å². The Balaban J connectivity index is 1.61. The molecular weight excluding hydrogens is 596 g/mol. The van der Waals surface area contributed by atoms with Gasteiger partial charge in [0.05, 0.1) is 12.8 Å². The fourth-order valence-electron chi connectivity index (χ4n) is 5.22. The second-order valence-corrected chi connectivity index (χ2v) is 11.8. The Labute approximate surface area is 275 Å². The smallest absolute Gasteiger partial charge is 0.311 e. The molecule has 0 unspecified atom stereocenters. The van der Waals surface area contributed by atoms with Crippen molar-refractivity contribution in [1.82, 2.24) is 0 Å². The normalized spacial score (nSPS) is 10.7. The standard InChI is InChI=1S/C39H40O8/c1-23(2)16-18-28-22-34(30-12-8-9-13-31(30)38(28)45-27(7)41)46-35(42)20-21-36(43)47-39-29(19-17-24(3)4)25(5)37(44-26(6)40)32-14-10-11-15-33(32)39/h8-17,22H,18-21H2,1-7H3. The highest BCUT2D eigenvalue weighted by atomic mass is 16.6. The van der Waals surface area contributed by atoms with E-state index >= 15 is 0 Å². The summed E-state index contributed by atoms with van der Waals surface area (Å²) in [6, 6.07) is 16.2. The van der Waals surface area contributed by atoms with Crippen molar-refractivity contribution in [1.29, 1.82) is 0 Å². The molecule has 0 fully saturated rings. The molecule has 4 aromatic rings. The lowest BCUT2D eigenvalue weighted by Gasteiger charge is -2.19. The summed E-state index contributed by atoms with van der Waals surface area (Å²) in [4.78, 5) is 50.3. The van der Waals surface area contributed by atoms with Crippen LogP contribution in [0, 0.1) is 6.92 Å². The second kappa shape index (κ2) is 15.4. The maximum Gasteiger partial charge on any atom is 0.311 e. The molecule has 0 saturated heterocycles. The number of hydrogen-bond donors (Lipinski definition) is 0. The molecule has 0 aliphatic heterocycles. The van der Waals surface area contributed by atoms with Gasteiger partial charge in [0.2, 0.25) is 0 Å². The van der Waals surface area contributed by atoms with E-state index in [-0.39, 0.29) is 12.8 Å². The van der Waals surface area contributed by atoms with Crippen molar-refractivity contribution >= 4 is 45.4 Å². The van der Waals surface area contributed by atoms with Crippen molar-refractivity contribution < 1.29 is 38.1 Å². The lowest BCUT2D eigenvalue weighted by Crippen LogP contribution is -2.16. The number of carbonyl (C=O) groups is 4. The van der Waals surface area contributed by atoms with Crippen molar-refractivity contribution in [3.8, 4) is 23.0 Å². The molecule has 4 rings (SSSR count). The van der Waals surface area contributed by atoms with Crippen LogP contribution in [0.1, 0.15) is 71.1 Å². The molecule has 8 heteroatoms. The summed E-state index contributed by atoms with van der Waals surface area (Å²) in [5.74, 6) is -0.623. The van der Waals surface area contributed by atoms with Gasteiger partial charge in [-0.15, -0.1) is 0 Å². The number of ether oxygens (including phenoxy) is 4. The van der Waals surface area contributed by atoms with Gasteiger partial charge in [-0.1, -0.05) is 71.8 Å². The van der Waals surface area contributed by atoms with E-state index < -0.39 is 23.9 Å². The van der Waals surface area contributed by atoms with Crippen LogP contribution in [0.5, 0.6) is 23.0 Å². The van der Waals surface area contributed by atoms with Crippen LogP contribution in [0.25, 0.3) is 21.5 Å². The SMILES string of the molecule is CC(=O)Oc1c(CC=C(C)C)cc(OC(=O)CCC(=O)Oc2c(CC=C(C)C)c(C)c(OC(C)=O)c3ccccc23)c2ccccc12. The predicted molar refractivity (Wildman–Crippen MR) is 182 cm³/mol. The van der Waals surface area contributed by atoms with Crippen molar-refractivity contribution in [2.45, 2.75) is 74.1 Å². The van der Waals surface area contributed by atoms with E-state index in [4.69, 9.17) is 18.9 Å². The van der Waals surface area contributed by atoms with Gasteiger partial charge >= 0.3 is 23.9 Å². The molecule has 8 nitrogen and oxygen atoms in total. The molecule has 0 aromatic heterocycles. The van der Waals surface area contributed by atoms with Gasteiger partial charge in [-0.2, -0.15) is 0 Å². The first kappa shape index (κ1) is 34.6. The quantitative estimate of drug-likeness (QED) is 0.0917. The molecule has 0 spiro atoms. The number of allylic oxidation sites excluding steroid dienone is 4. The Bertz CT molecular complexity index is 1920. The van der Waals surface area contributed by atoms with E-state index in [0.717, 1.165) is 11.1 Å². The lowest BCUT2D eigenvalue weighted by atomic mass is 9.96. The Hall–Kier alpha value is -5.24. The molecule has 0 heterocycles. The minimum absolute atomic E-state index is 0.228. The summed E-state index contributed by atoms with van der Waals surface area (Å²) in [5.41, 5.74) is 4.23. The van der Waals surface area contributed by atoms with Crippen molar-refractivity contribution in [3.63, 3.8) is 0 Å². The third-order valence-corrected chi connectivity index (χ3v) is 7.43. The Morgan fingerprint density at radius 2 is 1.04 bits per heavy atom. The third kappa shape index (κ3) is 8.73. The van der Waals surface area contributed by atoms with Gasteiger partial charge < -0.3 is 18.9 Å².